The fourth-order valence-electron chi connectivity index (χ4n) is 1.76. The number of rotatable bonds is 1. The van der Waals surface area contributed by atoms with E-state index in [9.17, 15) is 4.79 Å². The standard InChI is InChI=1S/C12H11BrN2O/c13-9-1-4-11-8(7-9)5-6-15(11)12(16)14-10-2-3-10/h1,4-7,10H,2-3H2,(H,14,16). The summed E-state index contributed by atoms with van der Waals surface area (Å²) in [6.07, 6.45) is 4.03. The molecule has 2 aromatic rings. The summed E-state index contributed by atoms with van der Waals surface area (Å²) >= 11 is 3.42. The van der Waals surface area contributed by atoms with Crippen LogP contribution < -0.4 is 5.32 Å². The quantitative estimate of drug-likeness (QED) is 0.855. The van der Waals surface area contributed by atoms with Gasteiger partial charge in [-0.3, -0.25) is 4.57 Å². The summed E-state index contributed by atoms with van der Waals surface area (Å²) < 4.78 is 2.69. The summed E-state index contributed by atoms with van der Waals surface area (Å²) in [6, 6.07) is 8.22. The lowest BCUT2D eigenvalue weighted by molar-refractivity contribution is 0.243. The molecule has 0 atom stereocenters. The summed E-state index contributed by atoms with van der Waals surface area (Å²) in [5.74, 6) is 0. The molecule has 16 heavy (non-hydrogen) atoms. The Morgan fingerprint density at radius 3 is 2.94 bits per heavy atom. The first-order valence-electron chi connectivity index (χ1n) is 5.31. The van der Waals surface area contributed by atoms with E-state index in [0.29, 0.717) is 6.04 Å². The number of hydrogen-bond donors (Lipinski definition) is 1. The van der Waals surface area contributed by atoms with Crippen LogP contribution in [-0.4, -0.2) is 16.6 Å². The maximum absolute atomic E-state index is 11.9. The molecular weight excluding hydrogens is 268 g/mol. The largest absolute Gasteiger partial charge is 0.335 e. The van der Waals surface area contributed by atoms with Gasteiger partial charge in [0.2, 0.25) is 0 Å². The van der Waals surface area contributed by atoms with Gasteiger partial charge in [0.25, 0.3) is 0 Å². The molecule has 1 aliphatic carbocycles. The summed E-state index contributed by atoms with van der Waals surface area (Å²) in [5.41, 5.74) is 0.946. The molecule has 0 radical (unpaired) electrons. The molecule has 1 heterocycles. The molecule has 1 saturated carbocycles. The molecule has 0 spiro atoms. The lowest BCUT2D eigenvalue weighted by atomic mass is 10.2. The molecule has 3 nitrogen and oxygen atoms in total. The van der Waals surface area contributed by atoms with Gasteiger partial charge in [0.05, 0.1) is 5.52 Å². The summed E-state index contributed by atoms with van der Waals surface area (Å²) in [7, 11) is 0. The van der Waals surface area contributed by atoms with Crippen molar-refractivity contribution in [3.8, 4) is 0 Å². The molecule has 1 amide bonds. The highest BCUT2D eigenvalue weighted by molar-refractivity contribution is 9.10. The van der Waals surface area contributed by atoms with Crippen molar-refractivity contribution in [2.75, 3.05) is 0 Å². The lowest BCUT2D eigenvalue weighted by Gasteiger charge is -2.05. The number of amides is 1. The molecular formula is C12H11BrN2O. The third-order valence-electron chi connectivity index (χ3n) is 2.78. The minimum atomic E-state index is -0.0279. The molecule has 82 valence electrons. The van der Waals surface area contributed by atoms with Crippen molar-refractivity contribution in [1.29, 1.82) is 0 Å². The number of carbonyl (C=O) groups excluding carboxylic acids is 1. The maximum atomic E-state index is 11.9. The van der Waals surface area contributed by atoms with Crippen LogP contribution in [0.4, 0.5) is 4.79 Å². The van der Waals surface area contributed by atoms with E-state index in [-0.39, 0.29) is 6.03 Å². The first kappa shape index (κ1) is 9.90. The van der Waals surface area contributed by atoms with Gasteiger partial charge < -0.3 is 5.32 Å². The van der Waals surface area contributed by atoms with E-state index in [2.05, 4.69) is 21.2 Å². The second kappa shape index (κ2) is 3.63. The van der Waals surface area contributed by atoms with Gasteiger partial charge >= 0.3 is 6.03 Å². The van der Waals surface area contributed by atoms with Crippen molar-refractivity contribution < 1.29 is 4.79 Å². The maximum Gasteiger partial charge on any atom is 0.326 e. The van der Waals surface area contributed by atoms with Gasteiger partial charge in [-0.2, -0.15) is 0 Å². The van der Waals surface area contributed by atoms with Crippen molar-refractivity contribution in [1.82, 2.24) is 9.88 Å². The van der Waals surface area contributed by atoms with Crippen LogP contribution in [0.15, 0.2) is 34.9 Å². The van der Waals surface area contributed by atoms with Crippen molar-refractivity contribution in [3.63, 3.8) is 0 Å². The first-order chi connectivity index (χ1) is 7.74. The van der Waals surface area contributed by atoms with E-state index in [0.717, 1.165) is 28.2 Å². The van der Waals surface area contributed by atoms with Crippen molar-refractivity contribution in [2.24, 2.45) is 0 Å². The minimum Gasteiger partial charge on any atom is -0.335 e. The van der Waals surface area contributed by atoms with Crippen LogP contribution in [0.5, 0.6) is 0 Å². The molecule has 1 aromatic carbocycles. The predicted octanol–water partition coefficient (Wildman–Crippen LogP) is 3.12. The fourth-order valence-corrected chi connectivity index (χ4v) is 2.14. The van der Waals surface area contributed by atoms with E-state index in [1.807, 2.05) is 30.5 Å². The van der Waals surface area contributed by atoms with E-state index < -0.39 is 0 Å². The molecule has 1 fully saturated rings. The van der Waals surface area contributed by atoms with Crippen LogP contribution in [0.25, 0.3) is 10.9 Å². The molecule has 1 aromatic heterocycles. The smallest absolute Gasteiger partial charge is 0.326 e. The highest BCUT2D eigenvalue weighted by Crippen LogP contribution is 2.22. The zero-order chi connectivity index (χ0) is 11.1. The molecule has 4 heteroatoms. The van der Waals surface area contributed by atoms with Gasteiger partial charge in [-0.25, -0.2) is 4.79 Å². The SMILES string of the molecule is O=C(NC1CC1)n1ccc2cc(Br)ccc21. The summed E-state index contributed by atoms with van der Waals surface area (Å²) in [4.78, 5) is 11.9. The number of nitrogens with zero attached hydrogens (tertiary/aromatic N) is 1. The second-order valence-electron chi connectivity index (χ2n) is 4.11. The van der Waals surface area contributed by atoms with E-state index in [1.54, 1.807) is 4.57 Å². The second-order valence-corrected chi connectivity index (χ2v) is 5.03. The topological polar surface area (TPSA) is 34.0 Å². The number of benzene rings is 1. The number of hydrogen-bond acceptors (Lipinski definition) is 1. The summed E-state index contributed by atoms with van der Waals surface area (Å²) in [6.45, 7) is 0. The Kier molecular flexibility index (Phi) is 2.24. The lowest BCUT2D eigenvalue weighted by Crippen LogP contribution is -2.29. The number of fused-ring (bicyclic) bond motifs is 1. The van der Waals surface area contributed by atoms with Gasteiger partial charge in [0.15, 0.2) is 0 Å². The highest BCUT2D eigenvalue weighted by atomic mass is 79.9. The van der Waals surface area contributed by atoms with Crippen molar-refractivity contribution in [3.05, 3.63) is 34.9 Å². The van der Waals surface area contributed by atoms with Crippen LogP contribution >= 0.6 is 15.9 Å². The Bertz CT molecular complexity index is 557. The highest BCUT2D eigenvalue weighted by Gasteiger charge is 2.24. The molecule has 0 bridgehead atoms. The van der Waals surface area contributed by atoms with E-state index in [1.165, 1.54) is 0 Å². The zero-order valence-corrected chi connectivity index (χ0v) is 10.2. The third kappa shape index (κ3) is 1.73. The molecule has 3 rings (SSSR count). The van der Waals surface area contributed by atoms with Crippen LogP contribution in [0, 0.1) is 0 Å². The molecule has 0 aliphatic heterocycles. The van der Waals surface area contributed by atoms with Crippen LogP contribution in [0.3, 0.4) is 0 Å². The summed E-state index contributed by atoms with van der Waals surface area (Å²) in [5, 5.41) is 4.05. The molecule has 1 N–H and O–H groups in total. The Hall–Kier alpha value is -1.29. The Morgan fingerprint density at radius 1 is 1.38 bits per heavy atom. The van der Waals surface area contributed by atoms with Gasteiger partial charge in [-0.05, 0) is 37.1 Å². The Morgan fingerprint density at radius 2 is 2.19 bits per heavy atom. The van der Waals surface area contributed by atoms with Crippen molar-refractivity contribution in [2.45, 2.75) is 18.9 Å². The van der Waals surface area contributed by atoms with E-state index >= 15 is 0 Å². The molecule has 0 saturated heterocycles. The van der Waals surface area contributed by atoms with E-state index in [4.69, 9.17) is 0 Å². The van der Waals surface area contributed by atoms with Crippen LogP contribution in [-0.2, 0) is 0 Å². The number of aromatic nitrogens is 1. The van der Waals surface area contributed by atoms with Gasteiger partial charge in [-0.1, -0.05) is 15.9 Å². The van der Waals surface area contributed by atoms with Crippen molar-refractivity contribution >= 4 is 32.9 Å². The zero-order valence-electron chi connectivity index (χ0n) is 8.61. The monoisotopic (exact) mass is 278 g/mol. The van der Waals surface area contributed by atoms with Gasteiger partial charge in [-0.15, -0.1) is 0 Å². The van der Waals surface area contributed by atoms with Gasteiger partial charge in [0, 0.05) is 22.1 Å². The predicted molar refractivity (Wildman–Crippen MR) is 66.6 cm³/mol. The average Bonchev–Trinajstić information content (AvgIpc) is 2.96. The molecule has 1 aliphatic rings. The fraction of sp³-hybridized carbons (Fsp3) is 0.250. The van der Waals surface area contributed by atoms with Crippen LogP contribution in [0.2, 0.25) is 0 Å². The third-order valence-corrected chi connectivity index (χ3v) is 3.27. The Balaban J connectivity index is 1.99. The Labute approximate surface area is 102 Å². The average molecular weight is 279 g/mol. The first-order valence-corrected chi connectivity index (χ1v) is 6.11. The minimum absolute atomic E-state index is 0.0279. The number of nitrogens with one attached hydrogen (secondary N) is 1. The number of halogens is 1. The van der Waals surface area contributed by atoms with Crippen LogP contribution in [0.1, 0.15) is 12.8 Å². The normalized spacial score (nSPS) is 15.3. The van der Waals surface area contributed by atoms with Gasteiger partial charge in [0.1, 0.15) is 0 Å². The number of carbonyl (C=O) groups is 1. The molecule has 0 unspecified atom stereocenters.